The highest BCUT2D eigenvalue weighted by Gasteiger charge is 2.10. The van der Waals surface area contributed by atoms with E-state index in [9.17, 15) is 13.2 Å². The number of hydrogen-bond donors (Lipinski definition) is 1. The highest BCUT2D eigenvalue weighted by atomic mass is 32.2. The van der Waals surface area contributed by atoms with Gasteiger partial charge < -0.3 is 5.73 Å². The van der Waals surface area contributed by atoms with Crippen molar-refractivity contribution in [2.75, 3.05) is 17.7 Å². The van der Waals surface area contributed by atoms with E-state index < -0.39 is 9.84 Å². The van der Waals surface area contributed by atoms with E-state index in [4.69, 9.17) is 5.73 Å². The molecule has 0 spiro atoms. The molecular weight excluding hydrogens is 216 g/mol. The Balaban J connectivity index is 2.66. The maximum atomic E-state index is 11.4. The minimum Gasteiger partial charge on any atom is -0.397 e. The van der Waals surface area contributed by atoms with Crippen LogP contribution < -0.4 is 5.73 Å². The molecule has 0 aliphatic rings. The van der Waals surface area contributed by atoms with Crippen molar-refractivity contribution in [3.05, 3.63) is 24.0 Å². The van der Waals surface area contributed by atoms with Gasteiger partial charge >= 0.3 is 0 Å². The zero-order valence-electron chi connectivity index (χ0n) is 8.30. The quantitative estimate of drug-likeness (QED) is 0.747. The topological polar surface area (TPSA) is 90.1 Å². The molecule has 0 saturated heterocycles. The summed E-state index contributed by atoms with van der Waals surface area (Å²) in [7, 11) is -3.11. The van der Waals surface area contributed by atoms with Crippen LogP contribution in [0.4, 0.5) is 5.69 Å². The molecule has 2 N–H and O–H groups in total. The Labute approximate surface area is 88.2 Å². The Kier molecular flexibility index (Phi) is 3.41. The molecule has 0 radical (unpaired) electrons. The summed E-state index contributed by atoms with van der Waals surface area (Å²) in [5.74, 6) is -0.446. The molecule has 15 heavy (non-hydrogen) atoms. The zero-order valence-corrected chi connectivity index (χ0v) is 9.12. The van der Waals surface area contributed by atoms with Crippen LogP contribution in [0.3, 0.4) is 0 Å². The molecule has 82 valence electrons. The molecular formula is C9H12N2O3S. The van der Waals surface area contributed by atoms with E-state index in [0.29, 0.717) is 5.69 Å². The second kappa shape index (κ2) is 4.39. The molecule has 0 aliphatic carbocycles. The molecule has 1 heterocycles. The van der Waals surface area contributed by atoms with Crippen LogP contribution in [0.15, 0.2) is 18.3 Å². The van der Waals surface area contributed by atoms with Crippen LogP contribution in [0.5, 0.6) is 0 Å². The first kappa shape index (κ1) is 11.6. The summed E-state index contributed by atoms with van der Waals surface area (Å²) in [4.78, 5) is 15.2. The Bertz CT molecular complexity index is 451. The van der Waals surface area contributed by atoms with Crippen LogP contribution in [0.1, 0.15) is 16.9 Å². The lowest BCUT2D eigenvalue weighted by Gasteiger charge is -1.99. The van der Waals surface area contributed by atoms with Gasteiger partial charge in [0.25, 0.3) is 0 Å². The number of pyridine rings is 1. The first-order chi connectivity index (χ1) is 6.88. The van der Waals surface area contributed by atoms with Gasteiger partial charge in [-0.1, -0.05) is 0 Å². The predicted molar refractivity (Wildman–Crippen MR) is 57.3 cm³/mol. The Morgan fingerprint density at radius 3 is 2.60 bits per heavy atom. The molecule has 6 heteroatoms. The van der Waals surface area contributed by atoms with Gasteiger partial charge in [-0.2, -0.15) is 0 Å². The summed E-state index contributed by atoms with van der Waals surface area (Å²) in [6.45, 7) is 0. The number of hydrogen-bond acceptors (Lipinski definition) is 5. The van der Waals surface area contributed by atoms with E-state index >= 15 is 0 Å². The second-order valence-corrected chi connectivity index (χ2v) is 5.54. The SMILES string of the molecule is CS(=O)(=O)CCC(=O)c1ccc(N)cn1. The van der Waals surface area contributed by atoms with Gasteiger partial charge in [-0.05, 0) is 12.1 Å². The van der Waals surface area contributed by atoms with Crippen molar-refractivity contribution in [2.24, 2.45) is 0 Å². The van der Waals surface area contributed by atoms with Gasteiger partial charge in [0.15, 0.2) is 5.78 Å². The van der Waals surface area contributed by atoms with Crippen LogP contribution in [0, 0.1) is 0 Å². The fourth-order valence-corrected chi connectivity index (χ4v) is 1.53. The van der Waals surface area contributed by atoms with Crippen LogP contribution in [-0.2, 0) is 9.84 Å². The lowest BCUT2D eigenvalue weighted by Crippen LogP contribution is -2.10. The lowest BCUT2D eigenvalue weighted by molar-refractivity contribution is 0.0984. The number of nitrogens with two attached hydrogens (primary N) is 1. The summed E-state index contributed by atoms with van der Waals surface area (Å²) in [5.41, 5.74) is 6.11. The van der Waals surface area contributed by atoms with E-state index in [1.165, 1.54) is 12.3 Å². The highest BCUT2D eigenvalue weighted by Crippen LogP contribution is 2.04. The number of nitrogens with zero attached hydrogens (tertiary/aromatic N) is 1. The molecule has 0 aromatic carbocycles. The van der Waals surface area contributed by atoms with Crippen molar-refractivity contribution >= 4 is 21.3 Å². The van der Waals surface area contributed by atoms with Crippen LogP contribution in [0.2, 0.25) is 0 Å². The van der Waals surface area contributed by atoms with E-state index in [-0.39, 0.29) is 23.7 Å². The monoisotopic (exact) mass is 228 g/mol. The van der Waals surface area contributed by atoms with Gasteiger partial charge in [-0.25, -0.2) is 8.42 Å². The number of carbonyl (C=O) groups excluding carboxylic acids is 1. The molecule has 0 unspecified atom stereocenters. The molecule has 0 amide bonds. The highest BCUT2D eigenvalue weighted by molar-refractivity contribution is 7.90. The van der Waals surface area contributed by atoms with Gasteiger partial charge in [0, 0.05) is 12.7 Å². The molecule has 0 aliphatic heterocycles. The average Bonchev–Trinajstić information content (AvgIpc) is 2.14. The normalized spacial score (nSPS) is 11.3. The summed E-state index contributed by atoms with van der Waals surface area (Å²) in [6, 6.07) is 3.04. The van der Waals surface area contributed by atoms with Crippen LogP contribution in [-0.4, -0.2) is 31.2 Å². The fourth-order valence-electron chi connectivity index (χ4n) is 0.976. The number of anilines is 1. The molecule has 5 nitrogen and oxygen atoms in total. The third kappa shape index (κ3) is 4.07. The molecule has 1 aromatic heterocycles. The van der Waals surface area contributed by atoms with Gasteiger partial charge in [-0.3, -0.25) is 9.78 Å². The van der Waals surface area contributed by atoms with Gasteiger partial charge in [0.2, 0.25) is 0 Å². The van der Waals surface area contributed by atoms with Crippen molar-refractivity contribution in [1.82, 2.24) is 4.98 Å². The maximum absolute atomic E-state index is 11.4. The second-order valence-electron chi connectivity index (χ2n) is 3.28. The Morgan fingerprint density at radius 2 is 2.13 bits per heavy atom. The summed E-state index contributed by atoms with van der Waals surface area (Å²) in [6.07, 6.45) is 2.42. The van der Waals surface area contributed by atoms with Crippen molar-refractivity contribution in [3.8, 4) is 0 Å². The number of aromatic nitrogens is 1. The summed E-state index contributed by atoms with van der Waals surface area (Å²) >= 11 is 0. The van der Waals surface area contributed by atoms with Gasteiger partial charge in [0.1, 0.15) is 15.5 Å². The largest absolute Gasteiger partial charge is 0.397 e. The fraction of sp³-hybridized carbons (Fsp3) is 0.333. The van der Waals surface area contributed by atoms with Crippen LogP contribution in [0.25, 0.3) is 0 Å². The van der Waals surface area contributed by atoms with Crippen molar-refractivity contribution in [1.29, 1.82) is 0 Å². The Morgan fingerprint density at radius 1 is 1.47 bits per heavy atom. The predicted octanol–water partition coefficient (Wildman–Crippen LogP) is 0.281. The van der Waals surface area contributed by atoms with Gasteiger partial charge in [-0.15, -0.1) is 0 Å². The minimum atomic E-state index is -3.11. The average molecular weight is 228 g/mol. The number of sulfone groups is 1. The Hall–Kier alpha value is -1.43. The van der Waals surface area contributed by atoms with Crippen LogP contribution >= 0.6 is 0 Å². The first-order valence-corrected chi connectivity index (χ1v) is 6.37. The number of nitrogen functional groups attached to an aromatic ring is 1. The molecule has 0 atom stereocenters. The van der Waals surface area contributed by atoms with E-state index in [1.807, 2.05) is 0 Å². The molecule has 1 aromatic rings. The van der Waals surface area contributed by atoms with Crippen molar-refractivity contribution in [3.63, 3.8) is 0 Å². The van der Waals surface area contributed by atoms with Gasteiger partial charge in [0.05, 0.1) is 17.6 Å². The third-order valence-corrected chi connectivity index (χ3v) is 2.72. The maximum Gasteiger partial charge on any atom is 0.182 e. The van der Waals surface area contributed by atoms with Crippen molar-refractivity contribution in [2.45, 2.75) is 6.42 Å². The molecule has 0 saturated carbocycles. The molecule has 0 fully saturated rings. The lowest BCUT2D eigenvalue weighted by atomic mass is 10.2. The van der Waals surface area contributed by atoms with E-state index in [1.54, 1.807) is 6.07 Å². The smallest absolute Gasteiger partial charge is 0.182 e. The van der Waals surface area contributed by atoms with E-state index in [2.05, 4.69) is 4.98 Å². The minimum absolute atomic E-state index is 0.0459. The number of Topliss-reactive ketones (excluding diaryl/α,β-unsaturated/α-hetero) is 1. The van der Waals surface area contributed by atoms with Crippen molar-refractivity contribution < 1.29 is 13.2 Å². The summed E-state index contributed by atoms with van der Waals surface area (Å²) < 4.78 is 21.7. The standard InChI is InChI=1S/C9H12N2O3S/c1-15(13,14)5-4-9(12)8-3-2-7(10)6-11-8/h2-3,6H,4-5,10H2,1H3. The zero-order chi connectivity index (χ0) is 11.5. The van der Waals surface area contributed by atoms with E-state index in [0.717, 1.165) is 6.26 Å². The summed E-state index contributed by atoms with van der Waals surface area (Å²) in [5, 5.41) is 0. The number of ketones is 1. The number of rotatable bonds is 4. The first-order valence-electron chi connectivity index (χ1n) is 4.31. The molecule has 0 bridgehead atoms. The third-order valence-electron chi connectivity index (χ3n) is 1.77. The number of carbonyl (C=O) groups is 1. The molecule has 1 rings (SSSR count).